The molecule has 100 valence electrons. The van der Waals surface area contributed by atoms with Crippen LogP contribution in [-0.4, -0.2) is 28.6 Å². The van der Waals surface area contributed by atoms with Crippen LogP contribution in [0, 0.1) is 13.8 Å². The molecule has 0 bridgehead atoms. The van der Waals surface area contributed by atoms with Gasteiger partial charge in [0.15, 0.2) is 0 Å². The average Bonchev–Trinajstić information content (AvgIpc) is 2.34. The van der Waals surface area contributed by atoms with Crippen LogP contribution in [-0.2, 0) is 10.0 Å². The summed E-state index contributed by atoms with van der Waals surface area (Å²) in [5.41, 5.74) is 6.75. The molecular formula is C10H12N6O2S. The van der Waals surface area contributed by atoms with Gasteiger partial charge in [-0.1, -0.05) is 0 Å². The highest BCUT2D eigenvalue weighted by atomic mass is 32.2. The predicted molar refractivity (Wildman–Crippen MR) is 68.8 cm³/mol. The highest BCUT2D eigenvalue weighted by molar-refractivity contribution is 7.92. The maximum atomic E-state index is 12.1. The molecule has 2 rings (SSSR count). The van der Waals surface area contributed by atoms with Crippen LogP contribution in [0.4, 0.5) is 11.8 Å². The number of anilines is 2. The SMILES string of the molecule is Cc1nnc(NS(=O)(=O)c2cccnc2N)nc1C. The lowest BCUT2D eigenvalue weighted by molar-refractivity contribution is 0.600. The van der Waals surface area contributed by atoms with E-state index in [4.69, 9.17) is 5.73 Å². The lowest BCUT2D eigenvalue weighted by atomic mass is 10.4. The number of aromatic nitrogens is 4. The van der Waals surface area contributed by atoms with Gasteiger partial charge in [0, 0.05) is 6.20 Å². The monoisotopic (exact) mass is 280 g/mol. The number of hydrogen-bond donors (Lipinski definition) is 2. The van der Waals surface area contributed by atoms with Crippen molar-refractivity contribution in [3.05, 3.63) is 29.7 Å². The van der Waals surface area contributed by atoms with Crippen LogP contribution in [0.1, 0.15) is 11.4 Å². The number of nitrogen functional groups attached to an aromatic ring is 1. The number of rotatable bonds is 3. The van der Waals surface area contributed by atoms with Crippen molar-refractivity contribution < 1.29 is 8.42 Å². The van der Waals surface area contributed by atoms with Gasteiger partial charge in [-0.15, -0.1) is 5.10 Å². The maximum absolute atomic E-state index is 12.1. The second-order valence-electron chi connectivity index (χ2n) is 3.80. The Bertz CT molecular complexity index is 716. The topological polar surface area (TPSA) is 124 Å². The van der Waals surface area contributed by atoms with Crippen LogP contribution in [0.25, 0.3) is 0 Å². The molecule has 0 fully saturated rings. The first-order valence-electron chi connectivity index (χ1n) is 5.31. The number of nitrogens with zero attached hydrogens (tertiary/aromatic N) is 4. The molecule has 0 unspecified atom stereocenters. The highest BCUT2D eigenvalue weighted by Gasteiger charge is 2.19. The van der Waals surface area contributed by atoms with Crippen LogP contribution in [0.2, 0.25) is 0 Å². The van der Waals surface area contributed by atoms with E-state index in [1.165, 1.54) is 18.3 Å². The first kappa shape index (κ1) is 13.1. The van der Waals surface area contributed by atoms with Crippen molar-refractivity contribution in [1.82, 2.24) is 20.2 Å². The first-order chi connectivity index (χ1) is 8.90. The number of pyridine rings is 1. The average molecular weight is 280 g/mol. The van der Waals surface area contributed by atoms with E-state index in [0.29, 0.717) is 11.4 Å². The Hall–Kier alpha value is -2.29. The van der Waals surface area contributed by atoms with E-state index in [2.05, 4.69) is 24.9 Å². The van der Waals surface area contributed by atoms with Gasteiger partial charge in [-0.3, -0.25) is 0 Å². The van der Waals surface area contributed by atoms with Gasteiger partial charge in [-0.25, -0.2) is 23.1 Å². The Morgan fingerprint density at radius 1 is 1.21 bits per heavy atom. The largest absolute Gasteiger partial charge is 0.383 e. The van der Waals surface area contributed by atoms with Crippen molar-refractivity contribution in [3.8, 4) is 0 Å². The van der Waals surface area contributed by atoms with Crippen molar-refractivity contribution >= 4 is 21.8 Å². The van der Waals surface area contributed by atoms with E-state index in [9.17, 15) is 8.42 Å². The lowest BCUT2D eigenvalue weighted by Gasteiger charge is -2.08. The molecule has 0 aromatic carbocycles. The zero-order valence-corrected chi connectivity index (χ0v) is 11.1. The van der Waals surface area contributed by atoms with E-state index in [-0.39, 0.29) is 16.7 Å². The summed E-state index contributed by atoms with van der Waals surface area (Å²) in [4.78, 5) is 7.58. The van der Waals surface area contributed by atoms with E-state index < -0.39 is 10.0 Å². The van der Waals surface area contributed by atoms with Crippen LogP contribution in [0.15, 0.2) is 23.2 Å². The van der Waals surface area contributed by atoms with Gasteiger partial charge >= 0.3 is 0 Å². The smallest absolute Gasteiger partial charge is 0.267 e. The Morgan fingerprint density at radius 2 is 1.95 bits per heavy atom. The Kier molecular flexibility index (Phi) is 3.30. The number of hydrogen-bond acceptors (Lipinski definition) is 7. The molecule has 8 nitrogen and oxygen atoms in total. The maximum Gasteiger partial charge on any atom is 0.267 e. The molecular weight excluding hydrogens is 268 g/mol. The minimum Gasteiger partial charge on any atom is -0.383 e. The van der Waals surface area contributed by atoms with Crippen molar-refractivity contribution in [2.24, 2.45) is 0 Å². The molecule has 0 saturated heterocycles. The molecule has 2 aromatic rings. The van der Waals surface area contributed by atoms with Crippen molar-refractivity contribution in [3.63, 3.8) is 0 Å². The van der Waals surface area contributed by atoms with E-state index in [0.717, 1.165) is 0 Å². The van der Waals surface area contributed by atoms with Crippen LogP contribution < -0.4 is 10.5 Å². The minimum absolute atomic E-state index is 0.0909. The second kappa shape index (κ2) is 4.76. The molecule has 0 saturated carbocycles. The summed E-state index contributed by atoms with van der Waals surface area (Å²) in [5, 5.41) is 7.46. The van der Waals surface area contributed by atoms with Crippen molar-refractivity contribution in [2.75, 3.05) is 10.5 Å². The number of nitrogens with one attached hydrogen (secondary N) is 1. The Balaban J connectivity index is 2.37. The fraction of sp³-hybridized carbons (Fsp3) is 0.200. The molecule has 0 aliphatic heterocycles. The number of aryl methyl sites for hydroxylation is 2. The molecule has 9 heteroatoms. The number of nitrogens with two attached hydrogens (primary N) is 1. The van der Waals surface area contributed by atoms with Crippen LogP contribution >= 0.6 is 0 Å². The summed E-state index contributed by atoms with van der Waals surface area (Å²) < 4.78 is 26.4. The van der Waals surface area contributed by atoms with E-state index in [1.54, 1.807) is 13.8 Å². The Morgan fingerprint density at radius 3 is 2.58 bits per heavy atom. The zero-order chi connectivity index (χ0) is 14.0. The summed E-state index contributed by atoms with van der Waals surface area (Å²) in [6, 6.07) is 2.82. The van der Waals surface area contributed by atoms with Crippen molar-refractivity contribution in [2.45, 2.75) is 18.7 Å². The third-order valence-electron chi connectivity index (χ3n) is 2.41. The quantitative estimate of drug-likeness (QED) is 0.826. The van der Waals surface area contributed by atoms with Gasteiger partial charge < -0.3 is 5.73 Å². The minimum atomic E-state index is -3.88. The molecule has 0 radical (unpaired) electrons. The van der Waals surface area contributed by atoms with Gasteiger partial charge in [0.2, 0.25) is 0 Å². The molecule has 0 aliphatic rings. The summed E-state index contributed by atoms with van der Waals surface area (Å²) in [6.07, 6.45) is 1.41. The fourth-order valence-electron chi connectivity index (χ4n) is 1.31. The molecule has 0 spiro atoms. The molecule has 0 aliphatic carbocycles. The van der Waals surface area contributed by atoms with E-state index >= 15 is 0 Å². The molecule has 2 heterocycles. The molecule has 19 heavy (non-hydrogen) atoms. The second-order valence-corrected chi connectivity index (χ2v) is 5.45. The lowest BCUT2D eigenvalue weighted by Crippen LogP contribution is -2.18. The predicted octanol–water partition coefficient (Wildman–Crippen LogP) is 0.266. The van der Waals surface area contributed by atoms with Crippen molar-refractivity contribution in [1.29, 1.82) is 0 Å². The summed E-state index contributed by atoms with van der Waals surface area (Å²) in [5.74, 6) is -0.196. The highest BCUT2D eigenvalue weighted by Crippen LogP contribution is 2.17. The van der Waals surface area contributed by atoms with Gasteiger partial charge in [0.05, 0.1) is 11.4 Å². The first-order valence-corrected chi connectivity index (χ1v) is 6.79. The fourth-order valence-corrected chi connectivity index (χ4v) is 2.33. The summed E-state index contributed by atoms with van der Waals surface area (Å²) in [6.45, 7) is 3.44. The third kappa shape index (κ3) is 2.76. The van der Waals surface area contributed by atoms with E-state index in [1.807, 2.05) is 0 Å². The van der Waals surface area contributed by atoms with Gasteiger partial charge in [-0.2, -0.15) is 5.10 Å². The van der Waals surface area contributed by atoms with Gasteiger partial charge in [0.25, 0.3) is 16.0 Å². The van der Waals surface area contributed by atoms with Crippen LogP contribution in [0.5, 0.6) is 0 Å². The summed E-state index contributed by atoms with van der Waals surface area (Å²) >= 11 is 0. The molecule has 0 amide bonds. The zero-order valence-electron chi connectivity index (χ0n) is 10.3. The van der Waals surface area contributed by atoms with Gasteiger partial charge in [-0.05, 0) is 26.0 Å². The normalized spacial score (nSPS) is 11.3. The van der Waals surface area contributed by atoms with Gasteiger partial charge in [0.1, 0.15) is 10.7 Å². The molecule has 2 aromatic heterocycles. The number of sulfonamides is 1. The Labute approximate surface area is 110 Å². The molecule has 3 N–H and O–H groups in total. The summed E-state index contributed by atoms with van der Waals surface area (Å²) in [7, 11) is -3.88. The standard InChI is InChI=1S/C10H12N6O2S/c1-6-7(2)14-15-10(13-6)16-19(17,18)8-4-3-5-12-9(8)11/h3-5H,1-2H3,(H2,11,12)(H,13,15,16). The molecule has 0 atom stereocenters. The van der Waals surface area contributed by atoms with Crippen LogP contribution in [0.3, 0.4) is 0 Å². The third-order valence-corrected chi connectivity index (χ3v) is 3.78.